The van der Waals surface area contributed by atoms with Gasteiger partial charge in [0.05, 0.1) is 23.0 Å². The summed E-state index contributed by atoms with van der Waals surface area (Å²) in [6.45, 7) is 1.30. The molecule has 0 saturated carbocycles. The number of hydrogen-bond donors (Lipinski definition) is 4. The molecule has 5 rings (SSSR count). The fourth-order valence-electron chi connectivity index (χ4n) is 4.80. The number of fused-ring (bicyclic) bond motifs is 1. The van der Waals surface area contributed by atoms with Crippen LogP contribution in [0.4, 0.5) is 24.7 Å². The number of benzene rings is 1. The van der Waals surface area contributed by atoms with Crippen molar-refractivity contribution >= 4 is 39.0 Å². The Bertz CT molecular complexity index is 1470. The second-order valence-electron chi connectivity index (χ2n) is 9.44. The summed E-state index contributed by atoms with van der Waals surface area (Å²) < 4.78 is 41.7. The van der Waals surface area contributed by atoms with Gasteiger partial charge in [-0.3, -0.25) is 9.78 Å². The predicted octanol–water partition coefficient (Wildman–Crippen LogP) is 4.35. The van der Waals surface area contributed by atoms with Crippen molar-refractivity contribution in [3.8, 4) is 11.3 Å². The fraction of sp³-hybridized carbons (Fsp3) is 0.296. The molecule has 6 N–H and O–H groups in total. The fourth-order valence-corrected chi connectivity index (χ4v) is 5.76. The first kappa shape index (κ1) is 26.9. The maximum atomic E-state index is 13.9. The summed E-state index contributed by atoms with van der Waals surface area (Å²) in [7, 11) is 0. The molecule has 1 saturated heterocycles. The summed E-state index contributed by atoms with van der Waals surface area (Å²) in [6.07, 6.45) is -2.33. The molecule has 1 amide bonds. The molecule has 1 unspecified atom stereocenters. The highest BCUT2D eigenvalue weighted by atomic mass is 32.1. The molecule has 8 nitrogen and oxygen atoms in total. The van der Waals surface area contributed by atoms with Crippen molar-refractivity contribution in [3.63, 3.8) is 0 Å². The largest absolute Gasteiger partial charge is 0.417 e. The van der Waals surface area contributed by atoms with Crippen LogP contribution in [-0.4, -0.2) is 46.7 Å². The number of aliphatic hydroxyl groups excluding tert-OH is 1. The summed E-state index contributed by atoms with van der Waals surface area (Å²) >= 11 is 0.769. The number of piperidine rings is 1. The normalized spacial score (nSPS) is 15.5. The Morgan fingerprint density at radius 3 is 2.51 bits per heavy atom. The third-order valence-electron chi connectivity index (χ3n) is 6.89. The number of thiophene rings is 1. The molecule has 1 aromatic carbocycles. The SMILES string of the molecule is NC(=O)c1sc2nc(N3CCC(NCC(O)c4ccc(-c5ccccn5)cc4)CC3)cc(C(F)(F)F)c2c1N. The quantitative estimate of drug-likeness (QED) is 0.266. The Balaban J connectivity index is 1.22. The van der Waals surface area contributed by atoms with Crippen LogP contribution in [0, 0.1) is 0 Å². The molecule has 1 aliphatic rings. The van der Waals surface area contributed by atoms with Crippen molar-refractivity contribution in [2.24, 2.45) is 5.73 Å². The number of rotatable bonds is 7. The number of nitrogens with zero attached hydrogens (tertiary/aromatic N) is 3. The Labute approximate surface area is 226 Å². The lowest BCUT2D eigenvalue weighted by atomic mass is 10.0. The predicted molar refractivity (Wildman–Crippen MR) is 145 cm³/mol. The highest BCUT2D eigenvalue weighted by molar-refractivity contribution is 7.21. The minimum atomic E-state index is -4.67. The standard InChI is InChI=1S/C27H27F3N6O2S/c28-27(29,30)18-13-21(35-26-22(18)23(31)24(39-26)25(32)38)36-11-8-17(9-12-36)34-14-20(37)16-6-4-15(5-7-16)19-3-1-2-10-33-19/h1-7,10,13,17,20,34,37H,8-9,11-12,14,31H2,(H2,32,38). The van der Waals surface area contributed by atoms with E-state index in [1.165, 1.54) is 0 Å². The maximum absolute atomic E-state index is 13.9. The minimum Gasteiger partial charge on any atom is -0.397 e. The van der Waals surface area contributed by atoms with E-state index >= 15 is 0 Å². The highest BCUT2D eigenvalue weighted by Crippen LogP contribution is 2.43. The van der Waals surface area contributed by atoms with Crippen LogP contribution in [0.15, 0.2) is 54.7 Å². The molecule has 0 aliphatic carbocycles. The van der Waals surface area contributed by atoms with Gasteiger partial charge in [0.25, 0.3) is 5.91 Å². The molecule has 0 bridgehead atoms. The summed E-state index contributed by atoms with van der Waals surface area (Å²) in [6, 6.07) is 14.4. The van der Waals surface area contributed by atoms with Gasteiger partial charge in [0.1, 0.15) is 15.5 Å². The molecular weight excluding hydrogens is 529 g/mol. The lowest BCUT2D eigenvalue weighted by Crippen LogP contribution is -2.44. The number of primary amides is 1. The third-order valence-corrected chi connectivity index (χ3v) is 8.00. The molecule has 1 atom stereocenters. The van der Waals surface area contributed by atoms with Crippen LogP contribution >= 0.6 is 11.3 Å². The van der Waals surface area contributed by atoms with Crippen molar-refractivity contribution in [3.05, 3.63) is 70.7 Å². The number of aromatic nitrogens is 2. The lowest BCUT2D eigenvalue weighted by Gasteiger charge is -2.34. The van der Waals surface area contributed by atoms with Crippen LogP contribution in [0.5, 0.6) is 0 Å². The number of alkyl halides is 3. The number of nitrogens with one attached hydrogen (secondary N) is 1. The van der Waals surface area contributed by atoms with Gasteiger partial charge in [0.15, 0.2) is 0 Å². The molecule has 0 spiro atoms. The second-order valence-corrected chi connectivity index (χ2v) is 10.4. The Morgan fingerprint density at radius 1 is 1.18 bits per heavy atom. The van der Waals surface area contributed by atoms with E-state index in [0.29, 0.717) is 32.5 Å². The number of pyridine rings is 2. The van der Waals surface area contributed by atoms with Gasteiger partial charge in [0, 0.05) is 42.8 Å². The number of aliphatic hydroxyl groups is 1. The second kappa shape index (κ2) is 10.8. The zero-order chi connectivity index (χ0) is 27.7. The molecule has 3 aromatic heterocycles. The van der Waals surface area contributed by atoms with Gasteiger partial charge in [0.2, 0.25) is 0 Å². The van der Waals surface area contributed by atoms with Crippen molar-refractivity contribution in [1.82, 2.24) is 15.3 Å². The van der Waals surface area contributed by atoms with Crippen molar-refractivity contribution in [2.75, 3.05) is 30.3 Å². The van der Waals surface area contributed by atoms with Crippen molar-refractivity contribution < 1.29 is 23.1 Å². The molecule has 39 heavy (non-hydrogen) atoms. The minimum absolute atomic E-state index is 0.0311. The van der Waals surface area contributed by atoms with Crippen molar-refractivity contribution in [2.45, 2.75) is 31.2 Å². The Kier molecular flexibility index (Phi) is 7.43. The van der Waals surface area contributed by atoms with E-state index < -0.39 is 23.8 Å². The highest BCUT2D eigenvalue weighted by Gasteiger charge is 2.37. The molecule has 1 aliphatic heterocycles. The van der Waals surface area contributed by atoms with Gasteiger partial charge >= 0.3 is 6.18 Å². The van der Waals surface area contributed by atoms with Gasteiger partial charge in [-0.1, -0.05) is 30.3 Å². The number of amides is 1. The van der Waals surface area contributed by atoms with Crippen LogP contribution in [0.2, 0.25) is 0 Å². The zero-order valence-corrected chi connectivity index (χ0v) is 21.6. The average Bonchev–Trinajstić information content (AvgIpc) is 3.28. The van der Waals surface area contributed by atoms with Crippen LogP contribution in [0.3, 0.4) is 0 Å². The smallest absolute Gasteiger partial charge is 0.397 e. The van der Waals surface area contributed by atoms with Crippen LogP contribution < -0.4 is 21.7 Å². The van der Waals surface area contributed by atoms with E-state index in [9.17, 15) is 23.1 Å². The number of nitrogens with two attached hydrogens (primary N) is 2. The molecule has 0 radical (unpaired) electrons. The van der Waals surface area contributed by atoms with Crippen LogP contribution in [-0.2, 0) is 6.18 Å². The monoisotopic (exact) mass is 556 g/mol. The van der Waals surface area contributed by atoms with Gasteiger partial charge in [-0.25, -0.2) is 4.98 Å². The number of carbonyl (C=O) groups is 1. The topological polar surface area (TPSA) is 130 Å². The van der Waals surface area contributed by atoms with Gasteiger partial charge < -0.3 is 26.8 Å². The van der Waals surface area contributed by atoms with Gasteiger partial charge in [-0.05, 0) is 36.6 Å². The molecule has 4 aromatic rings. The van der Waals surface area contributed by atoms with Gasteiger partial charge in [-0.15, -0.1) is 11.3 Å². The Morgan fingerprint density at radius 2 is 1.90 bits per heavy atom. The summed E-state index contributed by atoms with van der Waals surface area (Å²) in [5, 5.41) is 13.7. The van der Waals surface area contributed by atoms with E-state index in [2.05, 4.69) is 15.3 Å². The molecule has 4 heterocycles. The van der Waals surface area contributed by atoms with E-state index in [-0.39, 0.29) is 32.6 Å². The number of halogens is 3. The maximum Gasteiger partial charge on any atom is 0.417 e. The molecule has 1 fully saturated rings. The number of nitrogen functional groups attached to an aromatic ring is 1. The van der Waals surface area contributed by atoms with E-state index in [0.717, 1.165) is 34.2 Å². The number of hydrogen-bond acceptors (Lipinski definition) is 8. The van der Waals surface area contributed by atoms with Crippen LogP contribution in [0.25, 0.3) is 21.5 Å². The first-order chi connectivity index (χ1) is 18.6. The molecular formula is C27H27F3N6O2S. The lowest BCUT2D eigenvalue weighted by molar-refractivity contribution is -0.136. The van der Waals surface area contributed by atoms with Gasteiger partial charge in [-0.2, -0.15) is 13.2 Å². The zero-order valence-electron chi connectivity index (χ0n) is 20.8. The molecule has 204 valence electrons. The van der Waals surface area contributed by atoms with Crippen molar-refractivity contribution in [1.29, 1.82) is 0 Å². The summed E-state index contributed by atoms with van der Waals surface area (Å²) in [5.41, 5.74) is 12.5. The average molecular weight is 557 g/mol. The first-order valence-corrected chi connectivity index (χ1v) is 13.2. The van der Waals surface area contributed by atoms with Crippen LogP contribution in [0.1, 0.15) is 39.7 Å². The number of carbonyl (C=O) groups excluding carboxylic acids is 1. The number of anilines is 2. The first-order valence-electron chi connectivity index (χ1n) is 12.4. The third kappa shape index (κ3) is 5.68. The Hall–Kier alpha value is -3.74. The summed E-state index contributed by atoms with van der Waals surface area (Å²) in [4.78, 5) is 22.1. The molecule has 12 heteroatoms. The van der Waals surface area contributed by atoms with E-state index in [1.807, 2.05) is 42.5 Å². The van der Waals surface area contributed by atoms with E-state index in [4.69, 9.17) is 11.5 Å². The van der Waals surface area contributed by atoms with E-state index in [1.54, 1.807) is 11.1 Å². The summed E-state index contributed by atoms with van der Waals surface area (Å²) in [5.74, 6) is -0.707.